The lowest BCUT2D eigenvalue weighted by Crippen LogP contribution is -2.24. The van der Waals surface area contributed by atoms with Gasteiger partial charge in [-0.15, -0.1) is 6.42 Å². The maximum atomic E-state index is 11.8. The number of benzene rings is 1. The van der Waals surface area contributed by atoms with Crippen LogP contribution in [0.4, 0.5) is 13.2 Å². The number of rotatable bonds is 6. The van der Waals surface area contributed by atoms with Gasteiger partial charge >= 0.3 is 6.18 Å². The van der Waals surface area contributed by atoms with Crippen LogP contribution < -0.4 is 10.2 Å². The van der Waals surface area contributed by atoms with Gasteiger partial charge in [0.1, 0.15) is 12.4 Å². The molecule has 0 unspecified atom stereocenters. The number of terminal acetylenes is 1. The van der Waals surface area contributed by atoms with E-state index in [9.17, 15) is 13.2 Å². The van der Waals surface area contributed by atoms with E-state index in [-0.39, 0.29) is 13.2 Å². The highest BCUT2D eigenvalue weighted by Crippen LogP contribution is 2.18. The van der Waals surface area contributed by atoms with Crippen molar-refractivity contribution in [3.8, 4) is 18.1 Å². The number of hydroxylamine groups is 1. The molecule has 0 atom stereocenters. The summed E-state index contributed by atoms with van der Waals surface area (Å²) in [6, 6.07) is 6.86. The van der Waals surface area contributed by atoms with Crippen molar-refractivity contribution in [1.29, 1.82) is 0 Å². The van der Waals surface area contributed by atoms with Gasteiger partial charge in [0.05, 0.1) is 0 Å². The van der Waals surface area contributed by atoms with Crippen molar-refractivity contribution >= 4 is 0 Å². The van der Waals surface area contributed by atoms with E-state index in [0.29, 0.717) is 11.3 Å². The van der Waals surface area contributed by atoms with Gasteiger partial charge in [-0.3, -0.25) is 4.84 Å². The molecule has 0 aliphatic heterocycles. The van der Waals surface area contributed by atoms with Gasteiger partial charge in [0.25, 0.3) is 0 Å². The molecule has 6 heteroatoms. The Bertz CT molecular complexity index is 413. The van der Waals surface area contributed by atoms with Crippen LogP contribution in [-0.4, -0.2) is 19.4 Å². The molecule has 0 radical (unpaired) electrons. The summed E-state index contributed by atoms with van der Waals surface area (Å²) in [5, 5.41) is 0. The van der Waals surface area contributed by atoms with Crippen LogP contribution in [0.15, 0.2) is 24.3 Å². The van der Waals surface area contributed by atoms with Gasteiger partial charge in [0, 0.05) is 12.1 Å². The Morgan fingerprint density at radius 2 is 2.00 bits per heavy atom. The molecule has 1 N–H and O–H groups in total. The van der Waals surface area contributed by atoms with Crippen molar-refractivity contribution < 1.29 is 22.7 Å². The van der Waals surface area contributed by atoms with Gasteiger partial charge in [0.2, 0.25) is 0 Å². The van der Waals surface area contributed by atoms with Crippen LogP contribution in [0.25, 0.3) is 0 Å². The zero-order valence-corrected chi connectivity index (χ0v) is 9.46. The molecule has 1 aromatic carbocycles. The van der Waals surface area contributed by atoms with E-state index in [2.05, 4.69) is 16.2 Å². The summed E-state index contributed by atoms with van der Waals surface area (Å²) in [6.45, 7) is -1.16. The predicted octanol–water partition coefficient (Wildman–Crippen LogP) is 2.28. The first-order valence-electron chi connectivity index (χ1n) is 5.08. The fourth-order valence-electron chi connectivity index (χ4n) is 1.17. The number of para-hydroxylation sites is 1. The molecule has 0 aromatic heterocycles. The van der Waals surface area contributed by atoms with Crippen molar-refractivity contribution in [2.45, 2.75) is 12.7 Å². The Kier molecular flexibility index (Phi) is 5.49. The quantitative estimate of drug-likeness (QED) is 0.483. The van der Waals surface area contributed by atoms with Crippen LogP contribution in [0.1, 0.15) is 5.56 Å². The lowest BCUT2D eigenvalue weighted by Gasteiger charge is -2.11. The van der Waals surface area contributed by atoms with Crippen molar-refractivity contribution in [2.24, 2.45) is 0 Å². The molecule has 98 valence electrons. The molecule has 0 saturated carbocycles. The molecule has 1 rings (SSSR count). The Labute approximate surface area is 103 Å². The predicted molar refractivity (Wildman–Crippen MR) is 59.6 cm³/mol. The summed E-state index contributed by atoms with van der Waals surface area (Å²) in [6.07, 6.45) is 0.701. The first kappa shape index (κ1) is 14.4. The van der Waals surface area contributed by atoms with Gasteiger partial charge < -0.3 is 4.74 Å². The van der Waals surface area contributed by atoms with Gasteiger partial charge in [-0.2, -0.15) is 18.7 Å². The highest BCUT2D eigenvalue weighted by molar-refractivity contribution is 5.33. The lowest BCUT2D eigenvalue weighted by molar-refractivity contribution is -0.190. The molecule has 0 amide bonds. The molecule has 0 spiro atoms. The van der Waals surface area contributed by atoms with E-state index >= 15 is 0 Å². The van der Waals surface area contributed by atoms with Gasteiger partial charge in [0.15, 0.2) is 6.61 Å². The first-order valence-corrected chi connectivity index (χ1v) is 5.08. The Balaban J connectivity index is 2.44. The van der Waals surface area contributed by atoms with Gasteiger partial charge in [-0.1, -0.05) is 24.1 Å². The van der Waals surface area contributed by atoms with Crippen LogP contribution in [-0.2, 0) is 11.4 Å². The summed E-state index contributed by atoms with van der Waals surface area (Å²) in [5.74, 6) is 2.82. The van der Waals surface area contributed by atoms with Crippen LogP contribution in [0.3, 0.4) is 0 Å². The van der Waals surface area contributed by atoms with Crippen molar-refractivity contribution in [1.82, 2.24) is 5.48 Å². The Hall–Kier alpha value is -1.71. The SMILES string of the molecule is C#CCOc1ccccc1CNOCC(F)(F)F. The summed E-state index contributed by atoms with van der Waals surface area (Å²) in [7, 11) is 0. The molecule has 0 aliphatic carbocycles. The molecular weight excluding hydrogens is 247 g/mol. The van der Waals surface area contributed by atoms with E-state index < -0.39 is 12.8 Å². The minimum atomic E-state index is -4.35. The third-order valence-electron chi connectivity index (χ3n) is 1.88. The fourth-order valence-corrected chi connectivity index (χ4v) is 1.17. The standard InChI is InChI=1S/C12H12F3NO2/c1-2-7-17-11-6-4-3-5-10(11)8-16-18-9-12(13,14)15/h1,3-6,16H,7-9H2. The average Bonchev–Trinajstić information content (AvgIpc) is 2.32. The second kappa shape index (κ2) is 6.89. The maximum absolute atomic E-state index is 11.8. The molecule has 18 heavy (non-hydrogen) atoms. The second-order valence-corrected chi connectivity index (χ2v) is 3.33. The largest absolute Gasteiger partial charge is 0.481 e. The fraction of sp³-hybridized carbons (Fsp3) is 0.333. The third kappa shape index (κ3) is 5.57. The van der Waals surface area contributed by atoms with E-state index in [1.165, 1.54) is 0 Å². The third-order valence-corrected chi connectivity index (χ3v) is 1.88. The molecule has 0 saturated heterocycles. The summed E-state index contributed by atoms with van der Waals surface area (Å²) in [5.41, 5.74) is 2.89. The number of hydrogen-bond donors (Lipinski definition) is 1. The van der Waals surface area contributed by atoms with Crippen LogP contribution in [0, 0.1) is 12.3 Å². The molecule has 1 aromatic rings. The number of ether oxygens (including phenoxy) is 1. The Morgan fingerprint density at radius 1 is 1.28 bits per heavy atom. The first-order chi connectivity index (χ1) is 8.53. The monoisotopic (exact) mass is 259 g/mol. The highest BCUT2D eigenvalue weighted by atomic mass is 19.4. The van der Waals surface area contributed by atoms with Crippen molar-refractivity contribution in [2.75, 3.05) is 13.2 Å². The molecule has 0 aliphatic rings. The normalized spacial score (nSPS) is 11.0. The van der Waals surface area contributed by atoms with Crippen molar-refractivity contribution in [3.63, 3.8) is 0 Å². The van der Waals surface area contributed by atoms with Crippen LogP contribution >= 0.6 is 0 Å². The molecule has 0 heterocycles. The zero-order valence-electron chi connectivity index (χ0n) is 9.46. The summed E-state index contributed by atoms with van der Waals surface area (Å²) in [4.78, 5) is 4.29. The summed E-state index contributed by atoms with van der Waals surface area (Å²) >= 11 is 0. The van der Waals surface area contributed by atoms with E-state index in [4.69, 9.17) is 11.2 Å². The number of nitrogens with one attached hydrogen (secondary N) is 1. The number of hydrogen-bond acceptors (Lipinski definition) is 3. The molecule has 3 nitrogen and oxygen atoms in total. The zero-order chi connectivity index (χ0) is 13.4. The highest BCUT2D eigenvalue weighted by Gasteiger charge is 2.27. The molecule has 0 fully saturated rings. The summed E-state index contributed by atoms with van der Waals surface area (Å²) < 4.78 is 40.7. The van der Waals surface area contributed by atoms with Crippen LogP contribution in [0.5, 0.6) is 5.75 Å². The number of alkyl halides is 3. The van der Waals surface area contributed by atoms with Crippen LogP contribution in [0.2, 0.25) is 0 Å². The van der Waals surface area contributed by atoms with Crippen molar-refractivity contribution in [3.05, 3.63) is 29.8 Å². The second-order valence-electron chi connectivity index (χ2n) is 3.33. The Morgan fingerprint density at radius 3 is 2.67 bits per heavy atom. The van der Waals surface area contributed by atoms with E-state index in [1.54, 1.807) is 24.3 Å². The smallest absolute Gasteiger partial charge is 0.413 e. The number of halogens is 3. The van der Waals surface area contributed by atoms with Gasteiger partial charge in [-0.05, 0) is 6.07 Å². The van der Waals surface area contributed by atoms with E-state index in [1.807, 2.05) is 0 Å². The van der Waals surface area contributed by atoms with Gasteiger partial charge in [-0.25, -0.2) is 0 Å². The molecule has 0 bridgehead atoms. The molecular formula is C12H12F3NO2. The topological polar surface area (TPSA) is 30.5 Å². The lowest BCUT2D eigenvalue weighted by atomic mass is 10.2. The minimum absolute atomic E-state index is 0.0941. The van der Waals surface area contributed by atoms with E-state index in [0.717, 1.165) is 0 Å². The minimum Gasteiger partial charge on any atom is -0.481 e. The maximum Gasteiger partial charge on any atom is 0.413 e. The average molecular weight is 259 g/mol.